The summed E-state index contributed by atoms with van der Waals surface area (Å²) in [6.07, 6.45) is 1.17. The lowest BCUT2D eigenvalue weighted by molar-refractivity contribution is 0.588. The van der Waals surface area contributed by atoms with Crippen LogP contribution >= 0.6 is 24.5 Å². The van der Waals surface area contributed by atoms with Crippen LogP contribution in [-0.4, -0.2) is 16.7 Å². The van der Waals surface area contributed by atoms with Crippen LogP contribution in [0.1, 0.15) is 0 Å². The molecule has 0 aromatic rings. The average molecular weight is 167 g/mol. The molecule has 1 heterocycles. The van der Waals surface area contributed by atoms with Crippen LogP contribution in [0, 0.1) is 0 Å². The zero-order valence-electron chi connectivity index (χ0n) is 3.13. The number of halogens is 1. The number of nitrogens with zero attached hydrogens (tertiary/aromatic N) is 2. The van der Waals surface area contributed by atoms with Gasteiger partial charge in [0.25, 0.3) is 0 Å². The molecule has 6 heavy (non-hydrogen) atoms. The lowest BCUT2D eigenvalue weighted by Gasteiger charge is -1.91. The van der Waals surface area contributed by atoms with Crippen molar-refractivity contribution in [3.8, 4) is 0 Å². The second kappa shape index (κ2) is 2.01. The molecule has 0 unspecified atom stereocenters. The van der Waals surface area contributed by atoms with Crippen LogP contribution in [0.3, 0.4) is 0 Å². The lowest BCUT2D eigenvalue weighted by atomic mass is 10.8. The first-order chi connectivity index (χ1) is 2.89. The third-order valence-corrected chi connectivity index (χ3v) is 2.05. The molecule has 0 radical (unpaired) electrons. The molecule has 4 heteroatoms. The molecule has 0 aromatic heterocycles. The van der Waals surface area contributed by atoms with E-state index < -0.39 is 0 Å². The van der Waals surface area contributed by atoms with E-state index in [1.54, 1.807) is 4.03 Å². The lowest BCUT2D eigenvalue weighted by Crippen LogP contribution is -1.97. The maximum absolute atomic E-state index is 3.96. The quantitative estimate of drug-likeness (QED) is 0.395. The van der Waals surface area contributed by atoms with Crippen molar-refractivity contribution in [2.45, 2.75) is 0 Å². The van der Waals surface area contributed by atoms with Gasteiger partial charge in [-0.25, -0.2) is 0 Å². The SMILES string of the molecule is BrN1CCP=N1. The number of hydrogen-bond acceptors (Lipinski definition) is 2. The van der Waals surface area contributed by atoms with Crippen LogP contribution in [0.5, 0.6) is 0 Å². The second-order valence-electron chi connectivity index (χ2n) is 1.01. The van der Waals surface area contributed by atoms with Crippen molar-refractivity contribution in [3.05, 3.63) is 0 Å². The van der Waals surface area contributed by atoms with E-state index in [0.717, 1.165) is 6.54 Å². The summed E-state index contributed by atoms with van der Waals surface area (Å²) in [4.78, 5) is 3.96. The van der Waals surface area contributed by atoms with Gasteiger partial charge in [0.15, 0.2) is 0 Å². The third kappa shape index (κ3) is 1.00. The Hall–Kier alpha value is 0.540. The molecule has 1 aliphatic rings. The first-order valence-corrected chi connectivity index (χ1v) is 3.44. The second-order valence-corrected chi connectivity index (χ2v) is 2.74. The zero-order valence-corrected chi connectivity index (χ0v) is 5.61. The van der Waals surface area contributed by atoms with Gasteiger partial charge in [-0.05, 0) is 0 Å². The first kappa shape index (κ1) is 4.69. The van der Waals surface area contributed by atoms with Gasteiger partial charge in [0.1, 0.15) is 0 Å². The van der Waals surface area contributed by atoms with E-state index in [-0.39, 0.29) is 0 Å². The van der Waals surface area contributed by atoms with E-state index in [2.05, 4.69) is 21.0 Å². The van der Waals surface area contributed by atoms with E-state index in [9.17, 15) is 0 Å². The molecule has 1 aliphatic heterocycles. The van der Waals surface area contributed by atoms with Gasteiger partial charge >= 0.3 is 0 Å². The summed E-state index contributed by atoms with van der Waals surface area (Å²) in [6, 6.07) is 0. The molecule has 1 rings (SSSR count). The van der Waals surface area contributed by atoms with E-state index in [1.165, 1.54) is 14.5 Å². The summed E-state index contributed by atoms with van der Waals surface area (Å²) in [5.41, 5.74) is 0. The summed E-state index contributed by atoms with van der Waals surface area (Å²) in [6.45, 7) is 1.06. The van der Waals surface area contributed by atoms with Crippen molar-refractivity contribution < 1.29 is 0 Å². The minimum Gasteiger partial charge on any atom is -0.172 e. The van der Waals surface area contributed by atoms with Crippen LogP contribution < -0.4 is 0 Å². The molecule has 0 aliphatic carbocycles. The maximum Gasteiger partial charge on any atom is 0.0414 e. The predicted octanol–water partition coefficient (Wildman–Crippen LogP) is 1.66. The Kier molecular flexibility index (Phi) is 1.57. The Morgan fingerprint density at radius 1 is 1.83 bits per heavy atom. The molecular weight excluding hydrogens is 163 g/mol. The predicted molar refractivity (Wildman–Crippen MR) is 29.8 cm³/mol. The van der Waals surface area contributed by atoms with Crippen molar-refractivity contribution >= 4 is 24.5 Å². The first-order valence-electron chi connectivity index (χ1n) is 1.70. The topological polar surface area (TPSA) is 15.6 Å². The van der Waals surface area contributed by atoms with E-state index in [4.69, 9.17) is 0 Å². The van der Waals surface area contributed by atoms with Gasteiger partial charge in [0, 0.05) is 37.2 Å². The monoisotopic (exact) mass is 166 g/mol. The normalized spacial score (nSPS) is 25.5. The van der Waals surface area contributed by atoms with Gasteiger partial charge in [-0.2, -0.15) is 4.85 Å². The van der Waals surface area contributed by atoms with Gasteiger partial charge in [0.2, 0.25) is 0 Å². The Bertz CT molecular complexity index is 73.9. The highest BCUT2D eigenvalue weighted by Crippen LogP contribution is 2.15. The van der Waals surface area contributed by atoms with E-state index in [0.29, 0.717) is 0 Å². The standard InChI is InChI=1S/C2H4BrN2P/c3-5-1-2-6-4-5/h1-2H2. The highest BCUT2D eigenvalue weighted by Gasteiger charge is 1.99. The Morgan fingerprint density at radius 3 is 2.83 bits per heavy atom. The average Bonchev–Trinajstić information content (AvgIpc) is 1.86. The highest BCUT2D eigenvalue weighted by molar-refractivity contribution is 9.07. The molecule has 0 N–H and O–H groups in total. The van der Waals surface area contributed by atoms with Crippen LogP contribution in [-0.2, 0) is 0 Å². The van der Waals surface area contributed by atoms with Crippen molar-refractivity contribution in [3.63, 3.8) is 0 Å². The Balaban J connectivity index is 2.38. The van der Waals surface area contributed by atoms with Crippen molar-refractivity contribution in [1.29, 1.82) is 0 Å². The summed E-state index contributed by atoms with van der Waals surface area (Å²) in [5.74, 6) is 0. The molecule has 0 aromatic carbocycles. The van der Waals surface area contributed by atoms with Crippen molar-refractivity contribution in [2.24, 2.45) is 4.85 Å². The summed E-state index contributed by atoms with van der Waals surface area (Å²) >= 11 is 3.20. The molecule has 0 amide bonds. The molecule has 0 saturated carbocycles. The number of hydrogen-bond donors (Lipinski definition) is 0. The fourth-order valence-corrected chi connectivity index (χ4v) is 1.63. The van der Waals surface area contributed by atoms with Crippen molar-refractivity contribution in [2.75, 3.05) is 12.7 Å². The molecule has 0 saturated heterocycles. The van der Waals surface area contributed by atoms with E-state index >= 15 is 0 Å². The van der Waals surface area contributed by atoms with Crippen LogP contribution in [0.25, 0.3) is 0 Å². The summed E-state index contributed by atoms with van der Waals surface area (Å²) in [7, 11) is 1.19. The Morgan fingerprint density at radius 2 is 2.67 bits per heavy atom. The smallest absolute Gasteiger partial charge is 0.0414 e. The minimum absolute atomic E-state index is 1.06. The van der Waals surface area contributed by atoms with Gasteiger partial charge in [-0.1, -0.05) is 0 Å². The van der Waals surface area contributed by atoms with Crippen LogP contribution in [0.2, 0.25) is 0 Å². The molecule has 0 bridgehead atoms. The maximum atomic E-state index is 3.96. The van der Waals surface area contributed by atoms with Gasteiger partial charge in [-0.3, -0.25) is 0 Å². The third-order valence-electron chi connectivity index (χ3n) is 0.545. The fraction of sp³-hybridized carbons (Fsp3) is 1.00. The molecule has 34 valence electrons. The van der Waals surface area contributed by atoms with Gasteiger partial charge in [-0.15, -0.1) is 4.03 Å². The summed E-state index contributed by atoms with van der Waals surface area (Å²) in [5, 5.41) is 0. The molecular formula is C2H4BrN2P. The molecule has 0 fully saturated rings. The number of rotatable bonds is 0. The summed E-state index contributed by atoms with van der Waals surface area (Å²) < 4.78 is 1.79. The van der Waals surface area contributed by atoms with Crippen LogP contribution in [0.15, 0.2) is 4.85 Å². The van der Waals surface area contributed by atoms with Crippen LogP contribution in [0.4, 0.5) is 0 Å². The minimum atomic E-state index is 1.06. The van der Waals surface area contributed by atoms with Crippen molar-refractivity contribution in [1.82, 2.24) is 4.03 Å². The van der Waals surface area contributed by atoms with Gasteiger partial charge in [0.05, 0.1) is 0 Å². The fourth-order valence-electron chi connectivity index (χ4n) is 0.285. The largest absolute Gasteiger partial charge is 0.172 e. The molecule has 0 spiro atoms. The Labute approximate surface area is 46.7 Å². The highest BCUT2D eigenvalue weighted by atomic mass is 79.9. The van der Waals surface area contributed by atoms with Gasteiger partial charge < -0.3 is 0 Å². The molecule has 0 atom stereocenters. The van der Waals surface area contributed by atoms with E-state index in [1.807, 2.05) is 0 Å². The molecule has 2 nitrogen and oxygen atoms in total. The zero-order chi connectivity index (χ0) is 4.41.